The summed E-state index contributed by atoms with van der Waals surface area (Å²) in [5.74, 6) is -0.372. The fourth-order valence-electron chi connectivity index (χ4n) is 3.08. The van der Waals surface area contributed by atoms with Gasteiger partial charge < -0.3 is 20.2 Å². The smallest absolute Gasteiger partial charge is 0.391 e. The molecule has 0 fully saturated rings. The second-order valence-corrected chi connectivity index (χ2v) is 8.58. The van der Waals surface area contributed by atoms with Crippen molar-refractivity contribution in [3.63, 3.8) is 0 Å². The summed E-state index contributed by atoms with van der Waals surface area (Å²) in [7, 11) is -4.62. The number of rotatable bonds is 18. The topological polar surface area (TPSA) is 116 Å². The van der Waals surface area contributed by atoms with Crippen LogP contribution in [0.25, 0.3) is 0 Å². The third-order valence-electron chi connectivity index (χ3n) is 4.63. The average Bonchev–Trinajstić information content (AvgIpc) is 2.58. The largest absolute Gasteiger partial charge is 0.469 e. The average molecular weight is 410 g/mol. The van der Waals surface area contributed by atoms with E-state index in [0.29, 0.717) is 6.42 Å². The van der Waals surface area contributed by atoms with Crippen molar-refractivity contribution in [1.82, 2.24) is 5.32 Å². The van der Waals surface area contributed by atoms with Crippen molar-refractivity contribution in [2.45, 2.75) is 109 Å². The van der Waals surface area contributed by atoms with Gasteiger partial charge in [-0.2, -0.15) is 0 Å². The second kappa shape index (κ2) is 16.5. The van der Waals surface area contributed by atoms with E-state index in [2.05, 4.69) is 16.8 Å². The lowest BCUT2D eigenvalue weighted by Crippen LogP contribution is -2.45. The molecule has 0 aliphatic rings. The fraction of sp³-hybridized carbons (Fsp3) is 0.947. The van der Waals surface area contributed by atoms with Crippen molar-refractivity contribution in [2.24, 2.45) is 0 Å². The third-order valence-corrected chi connectivity index (χ3v) is 5.11. The summed E-state index contributed by atoms with van der Waals surface area (Å²) in [6.45, 7) is 3.11. The molecule has 162 valence electrons. The first-order chi connectivity index (χ1) is 12.8. The van der Waals surface area contributed by atoms with E-state index in [0.717, 1.165) is 19.3 Å². The van der Waals surface area contributed by atoms with Gasteiger partial charge >= 0.3 is 7.82 Å². The normalized spacial score (nSPS) is 14.1. The number of amides is 1. The summed E-state index contributed by atoms with van der Waals surface area (Å²) >= 11 is 0. The van der Waals surface area contributed by atoms with Gasteiger partial charge in [0.15, 0.2) is 0 Å². The third kappa shape index (κ3) is 18.7. The lowest BCUT2D eigenvalue weighted by atomic mass is 10.0. The van der Waals surface area contributed by atoms with Crippen LogP contribution in [0, 0.1) is 0 Å². The zero-order chi connectivity index (χ0) is 20.5. The zero-order valence-electron chi connectivity index (χ0n) is 17.1. The van der Waals surface area contributed by atoms with Crippen LogP contribution in [0.5, 0.6) is 0 Å². The van der Waals surface area contributed by atoms with Crippen molar-refractivity contribution >= 4 is 13.7 Å². The van der Waals surface area contributed by atoms with Gasteiger partial charge in [-0.25, -0.2) is 4.57 Å². The van der Waals surface area contributed by atoms with Gasteiger partial charge in [0.2, 0.25) is 5.91 Å². The molecule has 8 heteroatoms. The highest BCUT2D eigenvalue weighted by molar-refractivity contribution is 7.46. The number of carbonyl (C=O) groups is 1. The molecule has 1 amide bonds. The molecule has 0 aromatic rings. The molecule has 0 unspecified atom stereocenters. The minimum atomic E-state index is -4.62. The summed E-state index contributed by atoms with van der Waals surface area (Å²) in [6, 6.07) is -0.817. The molecule has 0 aromatic heterocycles. The maximum Gasteiger partial charge on any atom is 0.469 e. The SMILES string of the molecule is CCCCCCCCCCCCCC[C@@H](O)[C@H](COP(=O)(O)O)NC(C)=O. The molecule has 0 aliphatic heterocycles. The van der Waals surface area contributed by atoms with Gasteiger partial charge in [-0.05, 0) is 6.42 Å². The number of aliphatic hydroxyl groups excluding tert-OH is 1. The molecule has 2 atom stereocenters. The summed E-state index contributed by atoms with van der Waals surface area (Å²) < 4.78 is 15.2. The first-order valence-electron chi connectivity index (χ1n) is 10.4. The fourth-order valence-corrected chi connectivity index (χ4v) is 3.44. The van der Waals surface area contributed by atoms with Crippen LogP contribution in [0.4, 0.5) is 0 Å². The Morgan fingerprint density at radius 3 is 1.78 bits per heavy atom. The standard InChI is InChI=1S/C19H40NO6P/c1-3-4-5-6-7-8-9-10-11-12-13-14-15-19(22)18(20-17(2)21)16-26-27(23,24)25/h18-19,22H,3-16H2,1-2H3,(H,20,21)(H2,23,24,25)/t18-,19+/m0/s1. The highest BCUT2D eigenvalue weighted by Crippen LogP contribution is 2.35. The van der Waals surface area contributed by atoms with Crippen LogP contribution in [-0.4, -0.2) is 39.6 Å². The molecule has 0 aliphatic carbocycles. The van der Waals surface area contributed by atoms with Crippen molar-refractivity contribution in [3.8, 4) is 0 Å². The number of phosphoric acid groups is 1. The Morgan fingerprint density at radius 1 is 0.926 bits per heavy atom. The van der Waals surface area contributed by atoms with Gasteiger partial charge in [-0.3, -0.25) is 9.32 Å². The Morgan fingerprint density at radius 2 is 1.37 bits per heavy atom. The van der Waals surface area contributed by atoms with E-state index in [-0.39, 0.29) is 5.91 Å². The molecule has 0 aromatic carbocycles. The zero-order valence-corrected chi connectivity index (χ0v) is 18.0. The molecule has 27 heavy (non-hydrogen) atoms. The van der Waals surface area contributed by atoms with Gasteiger partial charge in [0.05, 0.1) is 18.8 Å². The van der Waals surface area contributed by atoms with Crippen LogP contribution >= 0.6 is 7.82 Å². The van der Waals surface area contributed by atoms with Crippen LogP contribution in [0.3, 0.4) is 0 Å². The first kappa shape index (κ1) is 26.5. The summed E-state index contributed by atoms with van der Waals surface area (Å²) in [5.41, 5.74) is 0. The van der Waals surface area contributed by atoms with E-state index in [1.165, 1.54) is 64.7 Å². The highest BCUT2D eigenvalue weighted by Gasteiger charge is 2.24. The molecule has 0 bridgehead atoms. The van der Waals surface area contributed by atoms with E-state index in [1.807, 2.05) is 0 Å². The van der Waals surface area contributed by atoms with E-state index >= 15 is 0 Å². The Bertz CT molecular complexity index is 415. The molecule has 0 heterocycles. The summed E-state index contributed by atoms with van der Waals surface area (Å²) in [5, 5.41) is 12.7. The van der Waals surface area contributed by atoms with Crippen LogP contribution < -0.4 is 5.32 Å². The van der Waals surface area contributed by atoms with Gasteiger partial charge in [0.1, 0.15) is 0 Å². The molecule has 0 saturated carbocycles. The van der Waals surface area contributed by atoms with Gasteiger partial charge in [0.25, 0.3) is 0 Å². The molecule has 0 radical (unpaired) electrons. The van der Waals surface area contributed by atoms with Crippen molar-refractivity contribution in [2.75, 3.05) is 6.61 Å². The lowest BCUT2D eigenvalue weighted by molar-refractivity contribution is -0.121. The quantitative estimate of drug-likeness (QED) is 0.200. The summed E-state index contributed by atoms with van der Waals surface area (Å²) in [4.78, 5) is 28.7. The maximum atomic E-state index is 11.2. The van der Waals surface area contributed by atoms with E-state index in [1.54, 1.807) is 0 Å². The van der Waals surface area contributed by atoms with Gasteiger partial charge in [-0.1, -0.05) is 84.0 Å². The van der Waals surface area contributed by atoms with Crippen LogP contribution in [0.1, 0.15) is 97.3 Å². The number of hydrogen-bond acceptors (Lipinski definition) is 4. The molecule has 4 N–H and O–H groups in total. The van der Waals surface area contributed by atoms with Crippen molar-refractivity contribution in [1.29, 1.82) is 0 Å². The number of unbranched alkanes of at least 4 members (excludes halogenated alkanes) is 11. The number of nitrogens with one attached hydrogen (secondary N) is 1. The minimum Gasteiger partial charge on any atom is -0.391 e. The Balaban J connectivity index is 3.74. The minimum absolute atomic E-state index is 0.372. The lowest BCUT2D eigenvalue weighted by Gasteiger charge is -2.23. The predicted molar refractivity (Wildman–Crippen MR) is 107 cm³/mol. The molecule has 0 rings (SSSR count). The Hall–Kier alpha value is -0.460. The highest BCUT2D eigenvalue weighted by atomic mass is 31.2. The molecule has 0 saturated heterocycles. The Kier molecular flexibility index (Phi) is 16.2. The first-order valence-corrected chi connectivity index (χ1v) is 11.9. The second-order valence-electron chi connectivity index (χ2n) is 7.34. The summed E-state index contributed by atoms with van der Waals surface area (Å²) in [6.07, 6.45) is 14.3. The van der Waals surface area contributed by atoms with E-state index in [4.69, 9.17) is 9.79 Å². The molecular formula is C19H40NO6P. The van der Waals surface area contributed by atoms with Crippen LogP contribution in [0.15, 0.2) is 0 Å². The maximum absolute atomic E-state index is 11.2. The van der Waals surface area contributed by atoms with Crippen LogP contribution in [-0.2, 0) is 13.9 Å². The number of hydrogen-bond donors (Lipinski definition) is 4. The molecular weight excluding hydrogens is 369 g/mol. The van der Waals surface area contributed by atoms with E-state index in [9.17, 15) is 14.5 Å². The van der Waals surface area contributed by atoms with Gasteiger partial charge in [0, 0.05) is 6.92 Å². The molecule has 7 nitrogen and oxygen atoms in total. The number of phosphoric ester groups is 1. The predicted octanol–water partition coefficient (Wildman–Crippen LogP) is 4.05. The molecule has 0 spiro atoms. The number of carbonyl (C=O) groups excluding carboxylic acids is 1. The number of aliphatic hydroxyl groups is 1. The van der Waals surface area contributed by atoms with E-state index < -0.39 is 26.6 Å². The van der Waals surface area contributed by atoms with Crippen molar-refractivity contribution < 1.29 is 28.8 Å². The monoisotopic (exact) mass is 409 g/mol. The van der Waals surface area contributed by atoms with Crippen LogP contribution in [0.2, 0.25) is 0 Å². The Labute approximate surface area is 164 Å². The van der Waals surface area contributed by atoms with Crippen molar-refractivity contribution in [3.05, 3.63) is 0 Å². The van der Waals surface area contributed by atoms with Gasteiger partial charge in [-0.15, -0.1) is 0 Å².